The summed E-state index contributed by atoms with van der Waals surface area (Å²) in [5.41, 5.74) is 7.04. The summed E-state index contributed by atoms with van der Waals surface area (Å²) in [4.78, 5) is 38.3. The summed E-state index contributed by atoms with van der Waals surface area (Å²) < 4.78 is 5.04. The predicted octanol–water partition coefficient (Wildman–Crippen LogP) is 1.82. The molecule has 0 bridgehead atoms. The van der Waals surface area contributed by atoms with Gasteiger partial charge in [-0.15, -0.1) is 0 Å². The number of nitrogens with zero attached hydrogens (tertiary/aromatic N) is 1. The average molecular weight is 367 g/mol. The number of nitrogens with one attached hydrogen (secondary N) is 2. The van der Waals surface area contributed by atoms with E-state index >= 15 is 0 Å². The Morgan fingerprint density at radius 2 is 1.70 bits per heavy atom. The van der Waals surface area contributed by atoms with Crippen molar-refractivity contribution in [3.63, 3.8) is 0 Å². The molecule has 7 heteroatoms. The van der Waals surface area contributed by atoms with Gasteiger partial charge in [0, 0.05) is 24.2 Å². The van der Waals surface area contributed by atoms with E-state index in [4.69, 9.17) is 4.74 Å². The molecule has 27 heavy (non-hydrogen) atoms. The van der Waals surface area contributed by atoms with Gasteiger partial charge in [-0.2, -0.15) is 0 Å². The van der Waals surface area contributed by atoms with Crippen LogP contribution in [0.1, 0.15) is 22.3 Å². The van der Waals surface area contributed by atoms with Crippen LogP contribution in [0, 0.1) is 12.8 Å². The van der Waals surface area contributed by atoms with Gasteiger partial charge in [-0.25, -0.2) is 0 Å². The van der Waals surface area contributed by atoms with Gasteiger partial charge >= 0.3 is 0 Å². The van der Waals surface area contributed by atoms with Gasteiger partial charge in [0.15, 0.2) is 0 Å². The van der Waals surface area contributed by atoms with Crippen molar-refractivity contribution in [2.45, 2.75) is 13.3 Å². The van der Waals surface area contributed by atoms with E-state index in [0.717, 1.165) is 11.3 Å². The Labute approximate surface area is 157 Å². The number of benzene rings is 2. The molecule has 2 aromatic rings. The maximum absolute atomic E-state index is 12.3. The summed E-state index contributed by atoms with van der Waals surface area (Å²) in [7, 11) is 1.54. The lowest BCUT2D eigenvalue weighted by atomic mass is 10.1. The second-order valence-electron chi connectivity index (χ2n) is 6.41. The average Bonchev–Trinajstić information content (AvgIpc) is 3.08. The third-order valence-corrected chi connectivity index (χ3v) is 4.49. The second-order valence-corrected chi connectivity index (χ2v) is 6.41. The quantitative estimate of drug-likeness (QED) is 0.807. The van der Waals surface area contributed by atoms with Crippen LogP contribution in [0.3, 0.4) is 0 Å². The minimum Gasteiger partial charge on any atom is -0.497 e. The van der Waals surface area contributed by atoms with Crippen molar-refractivity contribution in [1.29, 1.82) is 0 Å². The number of ether oxygens (including phenoxy) is 1. The van der Waals surface area contributed by atoms with Crippen LogP contribution in [0.5, 0.6) is 5.75 Å². The third-order valence-electron chi connectivity index (χ3n) is 4.49. The molecule has 0 spiro atoms. The molecule has 0 aliphatic carbocycles. The molecule has 3 rings (SSSR count). The number of carbonyl (C=O) groups is 3. The fourth-order valence-electron chi connectivity index (χ4n) is 2.89. The van der Waals surface area contributed by atoms with E-state index in [1.165, 1.54) is 7.11 Å². The summed E-state index contributed by atoms with van der Waals surface area (Å²) in [6.07, 6.45) is 0.109. The van der Waals surface area contributed by atoms with Crippen molar-refractivity contribution in [1.82, 2.24) is 10.9 Å². The molecule has 1 saturated heterocycles. The van der Waals surface area contributed by atoms with E-state index in [1.807, 2.05) is 31.2 Å². The molecule has 0 saturated carbocycles. The van der Waals surface area contributed by atoms with Gasteiger partial charge in [-0.05, 0) is 43.3 Å². The van der Waals surface area contributed by atoms with Crippen molar-refractivity contribution >= 4 is 23.4 Å². The lowest BCUT2D eigenvalue weighted by molar-refractivity contribution is -0.126. The number of anilines is 1. The molecular formula is C20H21N3O4. The van der Waals surface area contributed by atoms with E-state index in [2.05, 4.69) is 10.9 Å². The SMILES string of the molecule is COc1ccc(C(=O)NNC(=O)[C@H]2CC(=O)N(c3ccc(C)cc3)C2)cc1. The summed E-state index contributed by atoms with van der Waals surface area (Å²) in [5.74, 6) is -0.822. The van der Waals surface area contributed by atoms with E-state index < -0.39 is 11.8 Å². The molecule has 0 unspecified atom stereocenters. The van der Waals surface area contributed by atoms with Crippen LogP contribution < -0.4 is 20.5 Å². The maximum atomic E-state index is 12.3. The zero-order chi connectivity index (χ0) is 19.4. The van der Waals surface area contributed by atoms with Gasteiger partial charge in [0.05, 0.1) is 13.0 Å². The largest absolute Gasteiger partial charge is 0.497 e. The first kappa shape index (κ1) is 18.4. The minimum absolute atomic E-state index is 0.109. The molecule has 2 aromatic carbocycles. The van der Waals surface area contributed by atoms with Crippen LogP contribution >= 0.6 is 0 Å². The van der Waals surface area contributed by atoms with Crippen molar-refractivity contribution in [2.24, 2.45) is 5.92 Å². The zero-order valence-electron chi connectivity index (χ0n) is 15.2. The van der Waals surface area contributed by atoms with E-state index in [9.17, 15) is 14.4 Å². The van der Waals surface area contributed by atoms with Gasteiger partial charge in [-0.1, -0.05) is 17.7 Å². The number of amides is 3. The Balaban J connectivity index is 1.55. The van der Waals surface area contributed by atoms with Crippen molar-refractivity contribution in [3.05, 3.63) is 59.7 Å². The van der Waals surface area contributed by atoms with Crippen molar-refractivity contribution < 1.29 is 19.1 Å². The van der Waals surface area contributed by atoms with Gasteiger partial charge in [0.1, 0.15) is 5.75 Å². The van der Waals surface area contributed by atoms with Crippen LogP contribution in [0.15, 0.2) is 48.5 Å². The molecule has 1 heterocycles. The van der Waals surface area contributed by atoms with Crippen LogP contribution in [0.4, 0.5) is 5.69 Å². The number of hydrogen-bond acceptors (Lipinski definition) is 4. The number of methoxy groups -OCH3 is 1. The normalized spacial score (nSPS) is 16.1. The van der Waals surface area contributed by atoms with Crippen molar-refractivity contribution in [2.75, 3.05) is 18.6 Å². The number of carbonyl (C=O) groups excluding carboxylic acids is 3. The summed E-state index contributed by atoms with van der Waals surface area (Å²) in [5, 5.41) is 0. The molecule has 3 amide bonds. The Kier molecular flexibility index (Phi) is 5.40. The van der Waals surface area contributed by atoms with E-state index in [-0.39, 0.29) is 24.8 Å². The Hall–Kier alpha value is -3.35. The van der Waals surface area contributed by atoms with Crippen molar-refractivity contribution in [3.8, 4) is 5.75 Å². The number of hydrogen-bond donors (Lipinski definition) is 2. The summed E-state index contributed by atoms with van der Waals surface area (Å²) in [6.45, 7) is 2.25. The monoisotopic (exact) mass is 367 g/mol. The first-order chi connectivity index (χ1) is 13.0. The molecule has 1 aliphatic heterocycles. The first-order valence-electron chi connectivity index (χ1n) is 8.59. The number of hydrazine groups is 1. The Morgan fingerprint density at radius 3 is 2.33 bits per heavy atom. The first-order valence-corrected chi connectivity index (χ1v) is 8.59. The molecule has 7 nitrogen and oxygen atoms in total. The van der Waals surface area contributed by atoms with Gasteiger partial charge < -0.3 is 9.64 Å². The lowest BCUT2D eigenvalue weighted by Crippen LogP contribution is -2.45. The highest BCUT2D eigenvalue weighted by molar-refractivity contribution is 6.01. The molecule has 1 aliphatic rings. The summed E-state index contributed by atoms with van der Waals surface area (Å²) >= 11 is 0. The van der Waals surface area contributed by atoms with E-state index in [1.54, 1.807) is 29.2 Å². The predicted molar refractivity (Wildman–Crippen MR) is 100 cm³/mol. The lowest BCUT2D eigenvalue weighted by Gasteiger charge is -2.17. The second kappa shape index (κ2) is 7.90. The molecule has 1 atom stereocenters. The molecular weight excluding hydrogens is 346 g/mol. The van der Waals surface area contributed by atoms with Crippen LogP contribution in [0.2, 0.25) is 0 Å². The van der Waals surface area contributed by atoms with Gasteiger partial charge in [0.2, 0.25) is 11.8 Å². The number of aryl methyl sites for hydroxylation is 1. The van der Waals surface area contributed by atoms with Gasteiger partial charge in [0.25, 0.3) is 5.91 Å². The number of rotatable bonds is 4. The molecule has 1 fully saturated rings. The maximum Gasteiger partial charge on any atom is 0.269 e. The Bertz CT molecular complexity index is 847. The van der Waals surface area contributed by atoms with Crippen LogP contribution in [0.25, 0.3) is 0 Å². The van der Waals surface area contributed by atoms with E-state index in [0.29, 0.717) is 11.3 Å². The molecule has 0 aromatic heterocycles. The molecule has 140 valence electrons. The standard InChI is InChI=1S/C20H21N3O4/c1-13-3-7-16(8-4-13)23-12-15(11-18(23)24)20(26)22-21-19(25)14-5-9-17(27-2)10-6-14/h3-10,15H,11-12H2,1-2H3,(H,21,25)(H,22,26)/t15-/m0/s1. The highest BCUT2D eigenvalue weighted by Gasteiger charge is 2.35. The minimum atomic E-state index is -0.519. The topological polar surface area (TPSA) is 87.7 Å². The highest BCUT2D eigenvalue weighted by atomic mass is 16.5. The fraction of sp³-hybridized carbons (Fsp3) is 0.250. The van der Waals surface area contributed by atoms with Crippen LogP contribution in [-0.4, -0.2) is 31.4 Å². The highest BCUT2D eigenvalue weighted by Crippen LogP contribution is 2.25. The Morgan fingerprint density at radius 1 is 1.04 bits per heavy atom. The zero-order valence-corrected chi connectivity index (χ0v) is 15.2. The smallest absolute Gasteiger partial charge is 0.269 e. The van der Waals surface area contributed by atoms with Crippen LogP contribution in [-0.2, 0) is 9.59 Å². The van der Waals surface area contributed by atoms with Gasteiger partial charge in [-0.3, -0.25) is 25.2 Å². The third kappa shape index (κ3) is 4.25. The molecule has 0 radical (unpaired) electrons. The summed E-state index contributed by atoms with van der Waals surface area (Å²) in [6, 6.07) is 14.1. The molecule has 2 N–H and O–H groups in total. The fourth-order valence-corrected chi connectivity index (χ4v) is 2.89.